The summed E-state index contributed by atoms with van der Waals surface area (Å²) in [6.45, 7) is 7.63. The minimum atomic E-state index is -5.49. The first-order valence-corrected chi connectivity index (χ1v) is 11.4. The molecule has 8 nitrogen and oxygen atoms in total. The van der Waals surface area contributed by atoms with E-state index in [0.717, 1.165) is 11.6 Å². The highest BCUT2D eigenvalue weighted by Crippen LogP contribution is 2.30. The quantitative estimate of drug-likeness (QED) is 0.487. The lowest BCUT2D eigenvalue weighted by Crippen LogP contribution is -2.30. The van der Waals surface area contributed by atoms with Crippen LogP contribution in [0.2, 0.25) is 5.02 Å². The second-order valence-corrected chi connectivity index (χ2v) is 9.33. The average Bonchev–Trinajstić information content (AvgIpc) is 2.66. The molecule has 13 heteroatoms. The minimum Gasteiger partial charge on any atom is -0.479 e. The van der Waals surface area contributed by atoms with Crippen molar-refractivity contribution in [1.29, 1.82) is 0 Å². The van der Waals surface area contributed by atoms with Gasteiger partial charge in [-0.3, -0.25) is 9.52 Å². The van der Waals surface area contributed by atoms with Gasteiger partial charge in [0.05, 0.1) is 5.69 Å². The maximum atomic E-state index is 12.3. The zero-order valence-electron chi connectivity index (χ0n) is 18.9. The molecule has 188 valence electrons. The van der Waals surface area contributed by atoms with E-state index in [0.29, 0.717) is 21.9 Å². The zero-order valence-corrected chi connectivity index (χ0v) is 20.4. The van der Waals surface area contributed by atoms with Crippen LogP contribution in [0, 0.1) is 20.8 Å². The summed E-state index contributed by atoms with van der Waals surface area (Å²) in [4.78, 5) is 21.5. The molecule has 0 fully saturated rings. The van der Waals surface area contributed by atoms with Crippen LogP contribution in [0.25, 0.3) is 0 Å². The van der Waals surface area contributed by atoms with Crippen molar-refractivity contribution < 1.29 is 41.0 Å². The number of rotatable bonds is 6. The smallest absolute Gasteiger partial charge is 0.479 e. The molecule has 0 aromatic heterocycles. The summed E-state index contributed by atoms with van der Waals surface area (Å²) in [6, 6.07) is 7.68. The monoisotopic (exact) mass is 524 g/mol. The Morgan fingerprint density at radius 2 is 1.59 bits per heavy atom. The number of alkyl halides is 3. The Morgan fingerprint density at radius 1 is 1.03 bits per heavy atom. The normalized spacial score (nSPS) is 12.1. The van der Waals surface area contributed by atoms with Crippen LogP contribution in [0.4, 0.5) is 24.5 Å². The van der Waals surface area contributed by atoms with E-state index in [-0.39, 0.29) is 11.4 Å². The number of hydrogen-bond acceptors (Lipinski definition) is 5. The van der Waals surface area contributed by atoms with Gasteiger partial charge in [0.25, 0.3) is 0 Å². The molecule has 0 bridgehead atoms. The summed E-state index contributed by atoms with van der Waals surface area (Å²) in [5, 5.41) is 11.7. The lowest BCUT2D eigenvalue weighted by molar-refractivity contribution is -0.144. The summed E-state index contributed by atoms with van der Waals surface area (Å²) in [5.41, 5.74) is -3.67. The molecule has 0 radical (unpaired) electrons. The number of halogens is 4. The number of carboxylic acid groups (broad SMARTS) is 1. The summed E-state index contributed by atoms with van der Waals surface area (Å²) in [6.07, 6.45) is -0.852. The van der Waals surface area contributed by atoms with Crippen LogP contribution in [-0.2, 0) is 19.6 Å². The highest BCUT2D eigenvalue weighted by Gasteiger charge is 2.46. The molecule has 0 saturated heterocycles. The van der Waals surface area contributed by atoms with E-state index in [2.05, 4.69) is 5.32 Å². The van der Waals surface area contributed by atoms with E-state index < -0.39 is 33.5 Å². The van der Waals surface area contributed by atoms with Crippen molar-refractivity contribution in [3.05, 3.63) is 52.0 Å². The Morgan fingerprint density at radius 3 is 2.06 bits per heavy atom. The van der Waals surface area contributed by atoms with Crippen molar-refractivity contribution in [3.8, 4) is 5.75 Å². The van der Waals surface area contributed by atoms with Crippen LogP contribution in [0.1, 0.15) is 30.5 Å². The van der Waals surface area contributed by atoms with Crippen molar-refractivity contribution in [3.63, 3.8) is 0 Å². The number of aryl methyl sites for hydroxylation is 3. The lowest BCUT2D eigenvalue weighted by Gasteiger charge is -2.15. The number of nitrogens with one attached hydrogen (secondary N) is 2. The number of hydrogen-bond donors (Lipinski definition) is 3. The highest BCUT2D eigenvalue weighted by molar-refractivity contribution is 7.93. The van der Waals surface area contributed by atoms with Crippen molar-refractivity contribution in [2.24, 2.45) is 0 Å². The van der Waals surface area contributed by atoms with Crippen LogP contribution in [0.15, 0.2) is 30.3 Å². The van der Waals surface area contributed by atoms with E-state index in [1.165, 1.54) is 31.6 Å². The van der Waals surface area contributed by atoms with Crippen molar-refractivity contribution in [2.75, 3.05) is 10.0 Å². The summed E-state index contributed by atoms with van der Waals surface area (Å²) >= 11 is 5.74. The molecule has 2 rings (SSSR count). The molecule has 1 unspecified atom stereocenters. The van der Waals surface area contributed by atoms with Gasteiger partial charge in [0.1, 0.15) is 5.75 Å². The van der Waals surface area contributed by atoms with Gasteiger partial charge < -0.3 is 15.2 Å². The van der Waals surface area contributed by atoms with E-state index in [4.69, 9.17) is 21.4 Å². The van der Waals surface area contributed by atoms with Gasteiger partial charge in [0.2, 0.25) is 5.91 Å². The summed E-state index contributed by atoms with van der Waals surface area (Å²) < 4.78 is 65.8. The maximum absolute atomic E-state index is 12.3. The third-order valence-electron chi connectivity index (χ3n) is 4.22. The number of anilines is 2. The summed E-state index contributed by atoms with van der Waals surface area (Å²) in [7, 11) is -5.49. The topological polar surface area (TPSA) is 122 Å². The van der Waals surface area contributed by atoms with Gasteiger partial charge in [-0.1, -0.05) is 17.7 Å². The second kappa shape index (κ2) is 11.4. The minimum absolute atomic E-state index is 0.239. The molecule has 2 aromatic carbocycles. The number of benzene rings is 2. The molecular weight excluding hydrogens is 501 g/mol. The number of carbonyl (C=O) groups is 2. The van der Waals surface area contributed by atoms with E-state index in [1.54, 1.807) is 25.1 Å². The van der Waals surface area contributed by atoms with Crippen molar-refractivity contribution in [1.82, 2.24) is 0 Å². The van der Waals surface area contributed by atoms with Gasteiger partial charge in [-0.05, 0) is 68.7 Å². The average molecular weight is 525 g/mol. The first-order valence-electron chi connectivity index (χ1n) is 9.58. The second-order valence-electron chi connectivity index (χ2n) is 7.22. The number of carboxylic acids is 1. The number of carbonyl (C=O) groups excluding carboxylic acids is 1. The molecule has 2 aromatic rings. The van der Waals surface area contributed by atoms with Gasteiger partial charge in [0, 0.05) is 17.6 Å². The predicted molar refractivity (Wildman–Crippen MR) is 123 cm³/mol. The van der Waals surface area contributed by atoms with Crippen molar-refractivity contribution in [2.45, 2.75) is 46.2 Å². The fraction of sp³-hybridized carbons (Fsp3) is 0.333. The number of ether oxygens (including phenoxy) is 1. The molecule has 0 saturated carbocycles. The fourth-order valence-corrected chi connectivity index (χ4v) is 3.33. The fourth-order valence-electron chi connectivity index (χ4n) is 2.48. The summed E-state index contributed by atoms with van der Waals surface area (Å²) in [5.74, 6) is -0.856. The molecule has 0 spiro atoms. The SMILES string of the molecule is CC(=O)Nc1cc(NS(=O)(=O)C(F)(F)F)c(C)cc1C.Cc1cc(Cl)ccc1OC(C)C(=O)O. The molecule has 0 heterocycles. The Kier molecular flexibility index (Phi) is 9.76. The largest absolute Gasteiger partial charge is 0.516 e. The van der Waals surface area contributed by atoms with Crippen LogP contribution in [0.3, 0.4) is 0 Å². The molecule has 1 atom stereocenters. The standard InChI is InChI=1S/C11H13F3N2O3S.C10H11ClO3/c1-6-4-7(2)10(5-9(6)15-8(3)17)16-20(18,19)11(12,13)14;1-6-5-8(11)3-4-9(6)14-7(2)10(12)13/h4-5,16H,1-3H3,(H,15,17);3-5,7H,1-2H3,(H,12,13). The Balaban J connectivity index is 0.000000362. The third kappa shape index (κ3) is 8.41. The van der Waals surface area contributed by atoms with Crippen LogP contribution >= 0.6 is 11.6 Å². The lowest BCUT2D eigenvalue weighted by atomic mass is 10.1. The molecule has 3 N–H and O–H groups in total. The van der Waals surface area contributed by atoms with Gasteiger partial charge >= 0.3 is 21.5 Å². The Hall–Kier alpha value is -2.99. The molecule has 0 aliphatic carbocycles. The Labute approximate surface area is 200 Å². The first-order chi connectivity index (χ1) is 15.4. The number of sulfonamides is 1. The van der Waals surface area contributed by atoms with Crippen LogP contribution < -0.4 is 14.8 Å². The van der Waals surface area contributed by atoms with E-state index in [9.17, 15) is 31.2 Å². The van der Waals surface area contributed by atoms with Crippen LogP contribution in [0.5, 0.6) is 5.75 Å². The molecule has 1 amide bonds. The molecule has 0 aliphatic heterocycles. The molecule has 0 aliphatic rings. The third-order valence-corrected chi connectivity index (χ3v) is 5.55. The highest BCUT2D eigenvalue weighted by atomic mass is 35.5. The van der Waals surface area contributed by atoms with Gasteiger partial charge in [-0.2, -0.15) is 21.6 Å². The molecular formula is C21H24ClF3N2O6S. The van der Waals surface area contributed by atoms with Gasteiger partial charge in [-0.25, -0.2) is 4.79 Å². The first kappa shape index (κ1) is 29.0. The molecule has 34 heavy (non-hydrogen) atoms. The zero-order chi connectivity index (χ0) is 26.4. The van der Waals surface area contributed by atoms with E-state index in [1.807, 2.05) is 6.92 Å². The van der Waals surface area contributed by atoms with Gasteiger partial charge in [0.15, 0.2) is 6.10 Å². The maximum Gasteiger partial charge on any atom is 0.516 e. The predicted octanol–water partition coefficient (Wildman–Crippen LogP) is 5.02. The van der Waals surface area contributed by atoms with Crippen LogP contribution in [-0.4, -0.2) is 37.0 Å². The van der Waals surface area contributed by atoms with Crippen molar-refractivity contribution >= 4 is 44.9 Å². The van der Waals surface area contributed by atoms with E-state index >= 15 is 0 Å². The number of aliphatic carboxylic acids is 1. The number of amides is 1. The Bertz CT molecular complexity index is 1170. The van der Waals surface area contributed by atoms with Gasteiger partial charge in [-0.15, -0.1) is 0 Å².